The van der Waals surface area contributed by atoms with Crippen molar-refractivity contribution in [3.8, 4) is 17.1 Å². The molecule has 0 spiro atoms. The first-order valence-electron chi connectivity index (χ1n) is 8.15. The van der Waals surface area contributed by atoms with Crippen LogP contribution in [0.1, 0.15) is 23.0 Å². The number of halogens is 2. The van der Waals surface area contributed by atoms with Gasteiger partial charge in [0.05, 0.1) is 24.7 Å². The Bertz CT molecular complexity index is 983. The molecule has 0 bridgehead atoms. The molecule has 9 heteroatoms. The minimum Gasteiger partial charge on any atom is -0.478 e. The Morgan fingerprint density at radius 3 is 2.56 bits per heavy atom. The molecule has 1 amide bonds. The first-order valence-corrected chi connectivity index (χ1v) is 8.15. The van der Waals surface area contributed by atoms with E-state index in [0.29, 0.717) is 18.2 Å². The number of pyridine rings is 2. The quantitative estimate of drug-likeness (QED) is 0.743. The molecule has 0 aliphatic carbocycles. The second kappa shape index (κ2) is 7.48. The van der Waals surface area contributed by atoms with Crippen LogP contribution in [0.25, 0.3) is 11.3 Å². The summed E-state index contributed by atoms with van der Waals surface area (Å²) >= 11 is 0. The van der Waals surface area contributed by atoms with Crippen LogP contribution in [-0.4, -0.2) is 32.3 Å². The van der Waals surface area contributed by atoms with E-state index < -0.39 is 23.2 Å². The summed E-state index contributed by atoms with van der Waals surface area (Å²) in [6.07, 6.45) is 3.26. The molecule has 0 aromatic carbocycles. The monoisotopic (exact) mass is 373 g/mol. The Kier molecular flexibility index (Phi) is 5.11. The predicted octanol–water partition coefficient (Wildman–Crippen LogP) is 3.11. The number of hydrogen-bond donors (Lipinski definition) is 1. The summed E-state index contributed by atoms with van der Waals surface area (Å²) in [4.78, 5) is 20.0. The average molecular weight is 373 g/mol. The summed E-state index contributed by atoms with van der Waals surface area (Å²) in [7, 11) is 1.66. The maximum Gasteiger partial charge on any atom is 0.276 e. The second-order valence-electron chi connectivity index (χ2n) is 5.74. The molecule has 7 nitrogen and oxygen atoms in total. The Morgan fingerprint density at radius 2 is 1.93 bits per heavy atom. The third-order valence-corrected chi connectivity index (χ3v) is 3.86. The number of hydrogen-bond acceptors (Lipinski definition) is 5. The molecule has 0 radical (unpaired) electrons. The van der Waals surface area contributed by atoms with Gasteiger partial charge in [0, 0.05) is 24.9 Å². The third kappa shape index (κ3) is 3.76. The summed E-state index contributed by atoms with van der Waals surface area (Å²) in [5, 5.41) is 6.31. The van der Waals surface area contributed by atoms with Gasteiger partial charge in [-0.25, -0.2) is 13.8 Å². The van der Waals surface area contributed by atoms with Crippen molar-refractivity contribution in [2.75, 3.05) is 11.9 Å². The smallest absolute Gasteiger partial charge is 0.276 e. The number of nitrogens with one attached hydrogen (secondary N) is 1. The number of carbonyl (C=O) groups excluding carboxylic acids is 1. The van der Waals surface area contributed by atoms with Crippen molar-refractivity contribution in [1.29, 1.82) is 0 Å². The number of carbonyl (C=O) groups is 1. The third-order valence-electron chi connectivity index (χ3n) is 3.86. The fourth-order valence-corrected chi connectivity index (χ4v) is 2.56. The van der Waals surface area contributed by atoms with E-state index in [2.05, 4.69) is 20.4 Å². The van der Waals surface area contributed by atoms with Crippen molar-refractivity contribution in [3.05, 3.63) is 53.6 Å². The Labute approximate surface area is 154 Å². The normalized spacial score (nSPS) is 10.7. The summed E-state index contributed by atoms with van der Waals surface area (Å²) in [5.41, 5.74) is 1.71. The van der Waals surface area contributed by atoms with Crippen molar-refractivity contribution in [2.45, 2.75) is 13.8 Å². The molecule has 3 aromatic heterocycles. The highest BCUT2D eigenvalue weighted by Gasteiger charge is 2.19. The molecule has 0 atom stereocenters. The van der Waals surface area contributed by atoms with Gasteiger partial charge >= 0.3 is 0 Å². The van der Waals surface area contributed by atoms with Gasteiger partial charge in [-0.15, -0.1) is 0 Å². The molecule has 0 aliphatic heterocycles. The maximum absolute atomic E-state index is 13.7. The summed E-state index contributed by atoms with van der Waals surface area (Å²) in [6.45, 7) is 4.25. The van der Waals surface area contributed by atoms with Crippen LogP contribution in [-0.2, 0) is 7.05 Å². The van der Waals surface area contributed by atoms with Gasteiger partial charge in [0.2, 0.25) is 5.88 Å². The summed E-state index contributed by atoms with van der Waals surface area (Å²) in [5.74, 6) is -2.17. The highest BCUT2D eigenvalue weighted by molar-refractivity contribution is 6.03. The number of aromatic nitrogens is 4. The molecule has 0 fully saturated rings. The Hall–Kier alpha value is -3.36. The van der Waals surface area contributed by atoms with Crippen LogP contribution in [0.15, 0.2) is 30.7 Å². The molecule has 140 valence electrons. The lowest BCUT2D eigenvalue weighted by molar-refractivity contribution is 0.102. The average Bonchev–Trinajstić information content (AvgIpc) is 3.00. The molecule has 3 aromatic rings. The zero-order valence-corrected chi connectivity index (χ0v) is 15.0. The number of nitrogens with zero attached hydrogens (tertiary/aromatic N) is 4. The van der Waals surface area contributed by atoms with Gasteiger partial charge in [-0.3, -0.25) is 14.5 Å². The number of amides is 1. The van der Waals surface area contributed by atoms with E-state index >= 15 is 0 Å². The first-order chi connectivity index (χ1) is 12.9. The Balaban J connectivity index is 1.89. The van der Waals surface area contributed by atoms with Gasteiger partial charge in [0.1, 0.15) is 5.69 Å². The van der Waals surface area contributed by atoms with E-state index in [1.807, 2.05) is 13.8 Å². The molecular weight excluding hydrogens is 356 g/mol. The Morgan fingerprint density at radius 1 is 1.22 bits per heavy atom. The molecule has 0 aliphatic rings. The number of ether oxygens (including phenoxy) is 1. The van der Waals surface area contributed by atoms with Crippen LogP contribution < -0.4 is 10.1 Å². The zero-order valence-electron chi connectivity index (χ0n) is 15.0. The van der Waals surface area contributed by atoms with Crippen LogP contribution in [0.5, 0.6) is 5.88 Å². The van der Waals surface area contributed by atoms with Crippen molar-refractivity contribution < 1.29 is 18.3 Å². The van der Waals surface area contributed by atoms with Gasteiger partial charge < -0.3 is 10.1 Å². The largest absolute Gasteiger partial charge is 0.478 e. The summed E-state index contributed by atoms with van der Waals surface area (Å²) in [6, 6.07) is 3.31. The number of anilines is 1. The summed E-state index contributed by atoms with van der Waals surface area (Å²) < 4.78 is 34.2. The minimum absolute atomic E-state index is 0.0106. The van der Waals surface area contributed by atoms with Gasteiger partial charge in [0.15, 0.2) is 17.3 Å². The predicted molar refractivity (Wildman–Crippen MR) is 94.5 cm³/mol. The molecule has 0 saturated carbocycles. The van der Waals surface area contributed by atoms with Gasteiger partial charge in [0.25, 0.3) is 5.91 Å². The maximum atomic E-state index is 13.7. The van der Waals surface area contributed by atoms with Gasteiger partial charge in [-0.05, 0) is 25.5 Å². The van der Waals surface area contributed by atoms with E-state index in [9.17, 15) is 13.6 Å². The van der Waals surface area contributed by atoms with Crippen molar-refractivity contribution >= 4 is 11.6 Å². The lowest BCUT2D eigenvalue weighted by atomic mass is 10.1. The molecule has 1 N–H and O–H groups in total. The van der Waals surface area contributed by atoms with Gasteiger partial charge in [-0.1, -0.05) is 0 Å². The number of aryl methyl sites for hydroxylation is 2. The molecule has 3 heterocycles. The van der Waals surface area contributed by atoms with E-state index in [1.54, 1.807) is 19.3 Å². The van der Waals surface area contributed by atoms with Crippen molar-refractivity contribution in [1.82, 2.24) is 19.7 Å². The standard InChI is InChI=1S/C18H17F2N5O2/c1-4-27-16-5-10(2)11(7-22-16)15-6-14(24-25(15)3)18(26)23-17-12(19)8-21-9-13(17)20/h5-9H,4H2,1-3H3,(H,21,23,26). The van der Waals surface area contributed by atoms with Crippen LogP contribution in [0.4, 0.5) is 14.5 Å². The topological polar surface area (TPSA) is 81.9 Å². The highest BCUT2D eigenvalue weighted by Crippen LogP contribution is 2.26. The first kappa shape index (κ1) is 18.4. The molecule has 27 heavy (non-hydrogen) atoms. The van der Waals surface area contributed by atoms with Gasteiger partial charge in [-0.2, -0.15) is 5.10 Å². The fraction of sp³-hybridized carbons (Fsp3) is 0.222. The number of rotatable bonds is 5. The van der Waals surface area contributed by atoms with Crippen LogP contribution in [0, 0.1) is 18.6 Å². The van der Waals surface area contributed by atoms with E-state index in [-0.39, 0.29) is 5.69 Å². The molecular formula is C18H17F2N5O2. The van der Waals surface area contributed by atoms with E-state index in [0.717, 1.165) is 23.5 Å². The SMILES string of the molecule is CCOc1cc(C)c(-c2cc(C(=O)Nc3c(F)cncc3F)nn2C)cn1. The fourth-order valence-electron chi connectivity index (χ4n) is 2.56. The lowest BCUT2D eigenvalue weighted by Gasteiger charge is -2.08. The van der Waals surface area contributed by atoms with Crippen molar-refractivity contribution in [2.24, 2.45) is 7.05 Å². The minimum atomic E-state index is -0.967. The van der Waals surface area contributed by atoms with Crippen LogP contribution >= 0.6 is 0 Å². The zero-order chi connectivity index (χ0) is 19.6. The van der Waals surface area contributed by atoms with Crippen molar-refractivity contribution in [3.63, 3.8) is 0 Å². The highest BCUT2D eigenvalue weighted by atomic mass is 19.1. The molecule has 0 unspecified atom stereocenters. The second-order valence-corrected chi connectivity index (χ2v) is 5.74. The van der Waals surface area contributed by atoms with Crippen LogP contribution in [0.3, 0.4) is 0 Å². The van der Waals surface area contributed by atoms with Crippen LogP contribution in [0.2, 0.25) is 0 Å². The van der Waals surface area contributed by atoms with E-state index in [1.165, 1.54) is 10.7 Å². The molecule has 0 saturated heterocycles. The lowest BCUT2D eigenvalue weighted by Crippen LogP contribution is -2.15. The molecule has 3 rings (SSSR count). The van der Waals surface area contributed by atoms with E-state index in [4.69, 9.17) is 4.74 Å².